The SMILES string of the molecule is O=C(CSc1nnc(-c2ccccc2)c(=O)[nH]1)Nc1cccc(O)c1. The zero-order valence-corrected chi connectivity index (χ0v) is 13.8. The van der Waals surface area contributed by atoms with Gasteiger partial charge in [-0.15, -0.1) is 10.2 Å². The maximum atomic E-state index is 12.1. The fourth-order valence-electron chi connectivity index (χ4n) is 2.09. The van der Waals surface area contributed by atoms with E-state index in [1.807, 2.05) is 18.2 Å². The van der Waals surface area contributed by atoms with E-state index in [2.05, 4.69) is 20.5 Å². The van der Waals surface area contributed by atoms with E-state index in [4.69, 9.17) is 0 Å². The number of H-pyrrole nitrogens is 1. The number of rotatable bonds is 5. The first-order valence-corrected chi connectivity index (χ1v) is 8.34. The van der Waals surface area contributed by atoms with E-state index in [1.54, 1.807) is 24.3 Å². The first kappa shape index (κ1) is 16.7. The molecule has 0 aliphatic heterocycles. The summed E-state index contributed by atoms with van der Waals surface area (Å²) in [6.07, 6.45) is 0. The smallest absolute Gasteiger partial charge is 0.278 e. The molecule has 1 amide bonds. The molecule has 1 aromatic heterocycles. The van der Waals surface area contributed by atoms with Crippen molar-refractivity contribution in [1.29, 1.82) is 0 Å². The number of amides is 1. The number of hydrogen-bond donors (Lipinski definition) is 3. The molecule has 0 aliphatic rings. The number of benzene rings is 2. The van der Waals surface area contributed by atoms with Crippen molar-refractivity contribution in [2.24, 2.45) is 0 Å². The molecule has 1 heterocycles. The summed E-state index contributed by atoms with van der Waals surface area (Å²) in [6, 6.07) is 15.3. The van der Waals surface area contributed by atoms with Gasteiger partial charge in [0.05, 0.1) is 5.75 Å². The van der Waals surface area contributed by atoms with Crippen LogP contribution < -0.4 is 10.9 Å². The zero-order valence-electron chi connectivity index (χ0n) is 13.0. The van der Waals surface area contributed by atoms with Crippen LogP contribution in [0.2, 0.25) is 0 Å². The lowest BCUT2D eigenvalue weighted by Crippen LogP contribution is -2.17. The molecule has 3 rings (SSSR count). The van der Waals surface area contributed by atoms with Gasteiger partial charge in [0.15, 0.2) is 10.9 Å². The number of hydrogen-bond acceptors (Lipinski definition) is 6. The van der Waals surface area contributed by atoms with Crippen LogP contribution in [0.5, 0.6) is 5.75 Å². The van der Waals surface area contributed by atoms with Crippen molar-refractivity contribution >= 4 is 23.4 Å². The Balaban J connectivity index is 1.63. The highest BCUT2D eigenvalue weighted by Gasteiger charge is 2.09. The molecular formula is C17H14N4O3S. The molecule has 0 saturated carbocycles. The number of nitrogens with zero attached hydrogens (tertiary/aromatic N) is 2. The number of phenolic OH excluding ortho intramolecular Hbond substituents is 1. The summed E-state index contributed by atoms with van der Waals surface area (Å²) in [7, 11) is 0. The van der Waals surface area contributed by atoms with E-state index >= 15 is 0 Å². The maximum absolute atomic E-state index is 12.1. The van der Waals surface area contributed by atoms with E-state index in [9.17, 15) is 14.7 Å². The predicted molar refractivity (Wildman–Crippen MR) is 95.5 cm³/mol. The number of aromatic nitrogens is 3. The normalized spacial score (nSPS) is 10.4. The molecule has 7 nitrogen and oxygen atoms in total. The molecule has 0 aliphatic carbocycles. The Morgan fingerprint density at radius 1 is 1.12 bits per heavy atom. The molecule has 0 saturated heterocycles. The first-order chi connectivity index (χ1) is 12.1. The van der Waals surface area contributed by atoms with E-state index < -0.39 is 0 Å². The van der Waals surface area contributed by atoms with Crippen LogP contribution in [-0.4, -0.2) is 31.9 Å². The van der Waals surface area contributed by atoms with Crippen molar-refractivity contribution in [3.63, 3.8) is 0 Å². The van der Waals surface area contributed by atoms with Gasteiger partial charge < -0.3 is 10.4 Å². The van der Waals surface area contributed by atoms with Gasteiger partial charge in [-0.1, -0.05) is 48.2 Å². The molecule has 25 heavy (non-hydrogen) atoms. The van der Waals surface area contributed by atoms with Crippen LogP contribution >= 0.6 is 11.8 Å². The minimum absolute atomic E-state index is 0.0466. The lowest BCUT2D eigenvalue weighted by molar-refractivity contribution is -0.113. The highest BCUT2D eigenvalue weighted by Crippen LogP contribution is 2.17. The number of aromatic hydroxyl groups is 1. The van der Waals surface area contributed by atoms with Crippen molar-refractivity contribution < 1.29 is 9.90 Å². The Morgan fingerprint density at radius 3 is 2.64 bits per heavy atom. The molecular weight excluding hydrogens is 340 g/mol. The van der Waals surface area contributed by atoms with Crippen LogP contribution in [0, 0.1) is 0 Å². The Bertz CT molecular complexity index is 944. The molecule has 0 atom stereocenters. The van der Waals surface area contributed by atoms with Crippen LogP contribution in [-0.2, 0) is 4.79 Å². The standard InChI is InChI=1S/C17H14N4O3S/c22-13-8-4-7-12(9-13)18-14(23)10-25-17-19-16(24)15(20-21-17)11-5-2-1-3-6-11/h1-9,22H,10H2,(H,18,23)(H,19,21,24). The topological polar surface area (TPSA) is 108 Å². The van der Waals surface area contributed by atoms with Crippen LogP contribution in [0.1, 0.15) is 0 Å². The van der Waals surface area contributed by atoms with Gasteiger partial charge in [0.25, 0.3) is 5.56 Å². The molecule has 3 N–H and O–H groups in total. The number of anilines is 1. The molecule has 2 aromatic carbocycles. The highest BCUT2D eigenvalue weighted by atomic mass is 32.2. The number of thioether (sulfide) groups is 1. The number of aromatic amines is 1. The molecule has 0 radical (unpaired) electrons. The molecule has 0 bridgehead atoms. The summed E-state index contributed by atoms with van der Waals surface area (Å²) in [5.41, 5.74) is 1.03. The third kappa shape index (κ3) is 4.45. The maximum Gasteiger partial charge on any atom is 0.278 e. The van der Waals surface area contributed by atoms with Gasteiger partial charge in [-0.25, -0.2) is 0 Å². The Labute approximate surface area is 147 Å². The third-order valence-electron chi connectivity index (χ3n) is 3.19. The van der Waals surface area contributed by atoms with Crippen LogP contribution in [0.3, 0.4) is 0 Å². The van der Waals surface area contributed by atoms with Gasteiger partial charge in [0, 0.05) is 17.3 Å². The molecule has 126 valence electrons. The number of phenols is 1. The average Bonchev–Trinajstić information content (AvgIpc) is 2.61. The van der Waals surface area contributed by atoms with Gasteiger partial charge in [-0.2, -0.15) is 0 Å². The summed E-state index contributed by atoms with van der Waals surface area (Å²) in [6.45, 7) is 0. The van der Waals surface area contributed by atoms with Gasteiger partial charge >= 0.3 is 0 Å². The summed E-state index contributed by atoms with van der Waals surface area (Å²) in [5.74, 6) is -0.173. The number of nitrogens with one attached hydrogen (secondary N) is 2. The second kappa shape index (κ2) is 7.63. The molecule has 0 unspecified atom stereocenters. The Hall–Kier alpha value is -3.13. The minimum Gasteiger partial charge on any atom is -0.508 e. The summed E-state index contributed by atoms with van der Waals surface area (Å²) >= 11 is 1.07. The van der Waals surface area contributed by atoms with Crippen molar-refractivity contribution in [3.05, 3.63) is 65.0 Å². The monoisotopic (exact) mass is 354 g/mol. The first-order valence-electron chi connectivity index (χ1n) is 7.36. The minimum atomic E-state index is -0.364. The highest BCUT2D eigenvalue weighted by molar-refractivity contribution is 7.99. The summed E-state index contributed by atoms with van der Waals surface area (Å²) < 4.78 is 0. The summed E-state index contributed by atoms with van der Waals surface area (Å²) in [4.78, 5) is 26.6. The quantitative estimate of drug-likeness (QED) is 0.607. The Kier molecular flexibility index (Phi) is 5.10. The second-order valence-electron chi connectivity index (χ2n) is 5.06. The van der Waals surface area contributed by atoms with Crippen molar-refractivity contribution in [2.75, 3.05) is 11.1 Å². The van der Waals surface area contributed by atoms with Crippen LogP contribution in [0.25, 0.3) is 11.3 Å². The van der Waals surface area contributed by atoms with Crippen LogP contribution in [0.4, 0.5) is 5.69 Å². The molecule has 8 heteroatoms. The lowest BCUT2D eigenvalue weighted by Gasteiger charge is -2.05. The zero-order chi connectivity index (χ0) is 17.6. The largest absolute Gasteiger partial charge is 0.508 e. The van der Waals surface area contributed by atoms with Gasteiger partial charge in [-0.05, 0) is 12.1 Å². The van der Waals surface area contributed by atoms with Gasteiger partial charge in [0.1, 0.15) is 5.75 Å². The predicted octanol–water partition coefficient (Wildman–Crippen LogP) is 2.27. The van der Waals surface area contributed by atoms with Crippen molar-refractivity contribution in [3.8, 4) is 17.0 Å². The third-order valence-corrected chi connectivity index (χ3v) is 4.06. The lowest BCUT2D eigenvalue weighted by atomic mass is 10.2. The van der Waals surface area contributed by atoms with Crippen LogP contribution in [0.15, 0.2) is 64.5 Å². The van der Waals surface area contributed by atoms with E-state index in [-0.39, 0.29) is 33.8 Å². The van der Waals surface area contributed by atoms with Gasteiger partial charge in [0.2, 0.25) is 5.91 Å². The fourth-order valence-corrected chi connectivity index (χ4v) is 2.69. The van der Waals surface area contributed by atoms with Crippen molar-refractivity contribution in [2.45, 2.75) is 5.16 Å². The average molecular weight is 354 g/mol. The summed E-state index contributed by atoms with van der Waals surface area (Å²) in [5, 5.41) is 20.2. The molecule has 0 spiro atoms. The Morgan fingerprint density at radius 2 is 1.92 bits per heavy atom. The second-order valence-corrected chi connectivity index (χ2v) is 6.03. The molecule has 3 aromatic rings. The van der Waals surface area contributed by atoms with E-state index in [1.165, 1.54) is 12.1 Å². The van der Waals surface area contributed by atoms with Gasteiger partial charge in [-0.3, -0.25) is 14.6 Å². The van der Waals surface area contributed by atoms with E-state index in [0.29, 0.717) is 11.3 Å². The molecule has 0 fully saturated rings. The van der Waals surface area contributed by atoms with E-state index in [0.717, 1.165) is 11.8 Å². The van der Waals surface area contributed by atoms with Crippen molar-refractivity contribution in [1.82, 2.24) is 15.2 Å². The number of carbonyl (C=O) groups excluding carboxylic acids is 1. The fraction of sp³-hybridized carbons (Fsp3) is 0.0588. The number of carbonyl (C=O) groups is 1.